The average molecular weight is 327 g/mol. The number of amides is 1. The number of fused-ring (bicyclic) bond motifs is 1. The largest absolute Gasteiger partial charge is 0.337 e. The predicted octanol–water partition coefficient (Wildman–Crippen LogP) is 3.42. The lowest BCUT2D eigenvalue weighted by Crippen LogP contribution is -2.18. The molecule has 0 radical (unpaired) electrons. The lowest BCUT2D eigenvalue weighted by molar-refractivity contribution is -0.116. The molecule has 0 fully saturated rings. The Morgan fingerprint density at radius 2 is 2.26 bits per heavy atom. The number of benzene rings is 1. The zero-order chi connectivity index (χ0) is 16.4. The van der Waals surface area contributed by atoms with E-state index in [1.807, 2.05) is 29.7 Å². The number of aryl methyl sites for hydroxylation is 2. The van der Waals surface area contributed by atoms with E-state index in [4.69, 9.17) is 0 Å². The molecule has 0 aliphatic heterocycles. The molecule has 0 saturated heterocycles. The third-order valence-electron chi connectivity index (χ3n) is 3.70. The van der Waals surface area contributed by atoms with Gasteiger partial charge in [-0.25, -0.2) is 4.98 Å². The summed E-state index contributed by atoms with van der Waals surface area (Å²) in [4.78, 5) is 28.7. The van der Waals surface area contributed by atoms with Gasteiger partial charge in [-0.3, -0.25) is 9.59 Å². The van der Waals surface area contributed by atoms with E-state index in [0.717, 1.165) is 34.1 Å². The zero-order valence-corrected chi connectivity index (χ0v) is 13.8. The molecule has 3 rings (SSSR count). The molecule has 1 N–H and O–H groups in total. The van der Waals surface area contributed by atoms with Crippen LogP contribution in [0.1, 0.15) is 27.7 Å². The lowest BCUT2D eigenvalue weighted by Gasteiger charge is -2.08. The van der Waals surface area contributed by atoms with Crippen LogP contribution in [0.15, 0.2) is 30.6 Å². The quantitative estimate of drug-likeness (QED) is 0.730. The Labute approximate surface area is 138 Å². The van der Waals surface area contributed by atoms with E-state index in [9.17, 15) is 9.59 Å². The van der Waals surface area contributed by atoms with Gasteiger partial charge < -0.3 is 9.88 Å². The summed E-state index contributed by atoms with van der Waals surface area (Å²) in [5, 5.41) is 4.28. The van der Waals surface area contributed by atoms with E-state index < -0.39 is 0 Å². The van der Waals surface area contributed by atoms with Crippen molar-refractivity contribution < 1.29 is 9.59 Å². The van der Waals surface area contributed by atoms with Crippen LogP contribution >= 0.6 is 11.3 Å². The first-order valence-corrected chi connectivity index (χ1v) is 8.22. The minimum absolute atomic E-state index is 0.153. The summed E-state index contributed by atoms with van der Waals surface area (Å²) in [7, 11) is 0. The molecule has 5 nitrogen and oxygen atoms in total. The fraction of sp³-hybridized carbons (Fsp3) is 0.235. The molecule has 23 heavy (non-hydrogen) atoms. The van der Waals surface area contributed by atoms with Crippen molar-refractivity contribution in [1.29, 1.82) is 0 Å². The van der Waals surface area contributed by atoms with E-state index >= 15 is 0 Å². The van der Waals surface area contributed by atoms with Crippen LogP contribution in [0, 0.1) is 6.92 Å². The fourth-order valence-corrected chi connectivity index (χ4v) is 3.38. The highest BCUT2D eigenvalue weighted by Gasteiger charge is 2.14. The Morgan fingerprint density at radius 3 is 2.91 bits per heavy atom. The number of hydrogen-bond donors (Lipinski definition) is 1. The highest BCUT2D eigenvalue weighted by Crippen LogP contribution is 2.25. The fourth-order valence-electron chi connectivity index (χ4n) is 2.70. The minimum Gasteiger partial charge on any atom is -0.337 e. The minimum atomic E-state index is -0.153. The Bertz CT molecular complexity index is 879. The molecule has 2 heterocycles. The molecule has 1 amide bonds. The van der Waals surface area contributed by atoms with Crippen molar-refractivity contribution in [2.24, 2.45) is 0 Å². The van der Waals surface area contributed by atoms with Gasteiger partial charge in [-0.05, 0) is 18.9 Å². The summed E-state index contributed by atoms with van der Waals surface area (Å²) >= 11 is 1.44. The number of thiazole rings is 1. The van der Waals surface area contributed by atoms with E-state index in [-0.39, 0.29) is 12.5 Å². The van der Waals surface area contributed by atoms with Crippen LogP contribution in [0.4, 0.5) is 5.13 Å². The molecule has 0 aliphatic carbocycles. The number of rotatable bonds is 5. The molecule has 0 spiro atoms. The van der Waals surface area contributed by atoms with Crippen LogP contribution in [-0.4, -0.2) is 21.7 Å². The van der Waals surface area contributed by atoms with Crippen LogP contribution in [0.3, 0.4) is 0 Å². The third-order valence-corrected chi connectivity index (χ3v) is 4.53. The van der Waals surface area contributed by atoms with Gasteiger partial charge in [0.1, 0.15) is 6.54 Å². The highest BCUT2D eigenvalue weighted by atomic mass is 32.1. The summed E-state index contributed by atoms with van der Waals surface area (Å²) < 4.78 is 1.84. The van der Waals surface area contributed by atoms with E-state index in [2.05, 4.69) is 17.2 Å². The normalized spacial score (nSPS) is 10.9. The number of anilines is 1. The van der Waals surface area contributed by atoms with E-state index in [1.165, 1.54) is 11.3 Å². The van der Waals surface area contributed by atoms with E-state index in [0.29, 0.717) is 10.7 Å². The molecule has 1 aromatic carbocycles. The monoisotopic (exact) mass is 327 g/mol. The first-order chi connectivity index (χ1) is 11.1. The lowest BCUT2D eigenvalue weighted by atomic mass is 10.1. The van der Waals surface area contributed by atoms with Gasteiger partial charge in [-0.1, -0.05) is 25.1 Å². The highest BCUT2D eigenvalue weighted by molar-refractivity contribution is 7.15. The number of nitrogens with one attached hydrogen (secondary N) is 1. The standard InChI is InChI=1S/C17H17N3O2S/c1-3-12-5-4-6-14-13(10-21)8-20(16(12)14)9-15(22)19-17-18-7-11(2)23-17/h4-8,10H,3,9H2,1-2H3,(H,18,19,22). The summed E-state index contributed by atoms with van der Waals surface area (Å²) in [6.45, 7) is 4.15. The van der Waals surface area contributed by atoms with Crippen LogP contribution in [0.2, 0.25) is 0 Å². The summed E-state index contributed by atoms with van der Waals surface area (Å²) in [6, 6.07) is 5.88. The van der Waals surface area contributed by atoms with Gasteiger partial charge in [-0.15, -0.1) is 11.3 Å². The Balaban J connectivity index is 1.93. The van der Waals surface area contributed by atoms with Crippen molar-refractivity contribution in [3.8, 4) is 0 Å². The van der Waals surface area contributed by atoms with Crippen molar-refractivity contribution >= 4 is 39.6 Å². The molecule has 0 unspecified atom stereocenters. The van der Waals surface area contributed by atoms with Crippen molar-refractivity contribution in [3.63, 3.8) is 0 Å². The molecule has 2 aromatic heterocycles. The van der Waals surface area contributed by atoms with Crippen molar-refractivity contribution in [2.75, 3.05) is 5.32 Å². The Morgan fingerprint density at radius 1 is 1.43 bits per heavy atom. The van der Waals surface area contributed by atoms with Gasteiger partial charge >= 0.3 is 0 Å². The maximum Gasteiger partial charge on any atom is 0.246 e. The molecule has 118 valence electrons. The SMILES string of the molecule is CCc1cccc2c(C=O)cn(CC(=O)Nc3ncc(C)s3)c12. The number of aldehydes is 1. The zero-order valence-electron chi connectivity index (χ0n) is 13.0. The van der Waals surface area contributed by atoms with Crippen LogP contribution in [0.5, 0.6) is 0 Å². The summed E-state index contributed by atoms with van der Waals surface area (Å²) in [5.74, 6) is -0.153. The number of nitrogens with zero attached hydrogens (tertiary/aromatic N) is 2. The summed E-state index contributed by atoms with van der Waals surface area (Å²) in [5.41, 5.74) is 2.67. The number of carbonyl (C=O) groups is 2. The Kier molecular flexibility index (Phi) is 4.25. The molecule has 0 bridgehead atoms. The second kappa shape index (κ2) is 6.34. The molecule has 0 atom stereocenters. The molecule has 6 heteroatoms. The molecular formula is C17H17N3O2S. The van der Waals surface area contributed by atoms with Crippen molar-refractivity contribution in [2.45, 2.75) is 26.8 Å². The molecule has 0 saturated carbocycles. The van der Waals surface area contributed by atoms with Crippen LogP contribution < -0.4 is 5.32 Å². The predicted molar refractivity (Wildman–Crippen MR) is 92.2 cm³/mol. The molecular weight excluding hydrogens is 310 g/mol. The van der Waals surface area contributed by atoms with Gasteiger partial charge in [0.05, 0.1) is 5.52 Å². The maximum atomic E-state index is 12.3. The van der Waals surface area contributed by atoms with E-state index in [1.54, 1.807) is 12.4 Å². The van der Waals surface area contributed by atoms with Gasteiger partial charge in [-0.2, -0.15) is 0 Å². The number of aromatic nitrogens is 2. The molecule has 3 aromatic rings. The first kappa shape index (κ1) is 15.4. The van der Waals surface area contributed by atoms with Crippen molar-refractivity contribution in [3.05, 3.63) is 46.6 Å². The summed E-state index contributed by atoms with van der Waals surface area (Å²) in [6.07, 6.45) is 5.14. The van der Waals surface area contributed by atoms with Gasteiger partial charge in [0.2, 0.25) is 5.91 Å². The van der Waals surface area contributed by atoms with Crippen LogP contribution in [-0.2, 0) is 17.8 Å². The average Bonchev–Trinajstić information content (AvgIpc) is 3.10. The van der Waals surface area contributed by atoms with Gasteiger partial charge in [0.15, 0.2) is 11.4 Å². The Hall–Kier alpha value is -2.47. The van der Waals surface area contributed by atoms with Gasteiger partial charge in [0.25, 0.3) is 0 Å². The molecule has 0 aliphatic rings. The number of hydrogen-bond acceptors (Lipinski definition) is 4. The second-order valence-electron chi connectivity index (χ2n) is 5.32. The van der Waals surface area contributed by atoms with Crippen molar-refractivity contribution in [1.82, 2.24) is 9.55 Å². The first-order valence-electron chi connectivity index (χ1n) is 7.40. The van der Waals surface area contributed by atoms with Gasteiger partial charge in [0, 0.05) is 28.2 Å². The number of para-hydroxylation sites is 1. The second-order valence-corrected chi connectivity index (χ2v) is 6.56. The smallest absolute Gasteiger partial charge is 0.246 e. The number of carbonyl (C=O) groups excluding carboxylic acids is 2. The maximum absolute atomic E-state index is 12.3. The van der Waals surface area contributed by atoms with Crippen LogP contribution in [0.25, 0.3) is 10.9 Å². The topological polar surface area (TPSA) is 64.0 Å². The third kappa shape index (κ3) is 3.03.